The molecule has 3 aliphatic rings. The number of halogens is 4. The van der Waals surface area contributed by atoms with Crippen LogP contribution in [0, 0.1) is 139 Å². The Bertz CT molecular complexity index is 4800. The fourth-order valence-electron chi connectivity index (χ4n) is 10.9. The van der Waals surface area contributed by atoms with Gasteiger partial charge in [-0.05, 0) is 113 Å². The molecule has 9 rings (SSSR count). The molecule has 0 atom stereocenters. The van der Waals surface area contributed by atoms with E-state index in [0.717, 1.165) is 18.2 Å². The predicted molar refractivity (Wildman–Crippen MR) is 384 cm³/mol. The smallest absolute Gasteiger partial charge is 0.377 e. The maximum absolute atomic E-state index is 13.6. The summed E-state index contributed by atoms with van der Waals surface area (Å²) in [7, 11) is 1.85. The number of carboxylic acids is 1. The molecule has 103 heavy (non-hydrogen) atoms. The molecule has 6 N–H and O–H groups in total. The van der Waals surface area contributed by atoms with Crippen LogP contribution in [0.15, 0.2) is 54.6 Å². The van der Waals surface area contributed by atoms with Gasteiger partial charge in [0, 0.05) is 68.1 Å². The van der Waals surface area contributed by atoms with Crippen LogP contribution in [0.1, 0.15) is 126 Å². The van der Waals surface area contributed by atoms with Gasteiger partial charge in [0.2, 0.25) is 23.1 Å². The number of Topliss-reactive ketones (excluding diaryl/α,β-unsaturated/α-hetero) is 5. The highest BCUT2D eigenvalue weighted by Gasteiger charge is 2.43. The third-order valence-corrected chi connectivity index (χ3v) is 18.5. The molecule has 0 saturated carbocycles. The highest BCUT2D eigenvalue weighted by atomic mass is 35.5. The van der Waals surface area contributed by atoms with Crippen molar-refractivity contribution in [2.45, 2.75) is 99.2 Å². The number of carbonyl (C=O) groups excluding carboxylic acids is 8. The molecule has 3 fully saturated rings. The van der Waals surface area contributed by atoms with Crippen molar-refractivity contribution in [2.24, 2.45) is 37.7 Å². The van der Waals surface area contributed by atoms with Gasteiger partial charge in [0.1, 0.15) is 74.4 Å². The Morgan fingerprint density at radius 1 is 0.515 bits per heavy atom. The van der Waals surface area contributed by atoms with E-state index in [0.29, 0.717) is 54.6 Å². The first-order chi connectivity index (χ1) is 47.5. The average molecular weight is 1460 g/mol. The Morgan fingerprint density at radius 3 is 1.06 bits per heavy atom. The molecule has 0 bridgehead atoms. The summed E-state index contributed by atoms with van der Waals surface area (Å²) in [6.45, 7) is 24.7. The molecule has 0 radical (unpaired) electrons. The molecule has 3 aliphatic heterocycles. The van der Waals surface area contributed by atoms with Crippen LogP contribution in [-0.4, -0.2) is 133 Å². The van der Waals surface area contributed by atoms with Crippen LogP contribution in [-0.2, 0) is 49.7 Å². The molecule has 6 aromatic rings. The monoisotopic (exact) mass is 1460 g/mol. The van der Waals surface area contributed by atoms with Gasteiger partial charge in [0.25, 0.3) is 23.5 Å². The lowest BCUT2D eigenvalue weighted by Gasteiger charge is -2.36. The van der Waals surface area contributed by atoms with Gasteiger partial charge in [-0.15, -0.1) is 29.9 Å². The Labute approximate surface area is 602 Å². The van der Waals surface area contributed by atoms with Crippen LogP contribution in [0.4, 0.5) is 30.2 Å². The molecule has 3 amide bonds. The van der Waals surface area contributed by atoms with Crippen molar-refractivity contribution in [3.8, 4) is 53.5 Å². The lowest BCUT2D eigenvalue weighted by atomic mass is 9.80. The number of aliphatic carboxylic acids is 1. The number of carboxylic acid groups (broad SMARTS) is 1. The summed E-state index contributed by atoms with van der Waals surface area (Å²) in [6, 6.07) is 15.9. The number of hydrogen-bond donors (Lipinski definition) is 5. The average Bonchev–Trinajstić information content (AvgIpc) is 1.66. The summed E-state index contributed by atoms with van der Waals surface area (Å²) in [5, 5.41) is 43.5. The summed E-state index contributed by atoms with van der Waals surface area (Å²) < 4.78 is 60.4. The number of aromatic nitrogens is 3. The number of terminal acetylenes is 1. The molecule has 0 unspecified atom stereocenters. The first-order valence-corrected chi connectivity index (χ1v) is 38.5. The number of hydrogen-bond acceptors (Lipinski definition) is 16. The van der Waals surface area contributed by atoms with Gasteiger partial charge in [-0.1, -0.05) is 57.0 Å². The van der Waals surface area contributed by atoms with E-state index >= 15 is 0 Å². The fourth-order valence-corrected chi connectivity index (χ4v) is 12.1. The Balaban J connectivity index is 0.000000260. The van der Waals surface area contributed by atoms with Crippen LogP contribution >= 0.6 is 12.4 Å². The second-order valence-electron chi connectivity index (χ2n) is 27.1. The standard InChI is InChI=1S/C26H28FN3O4Si.C23H20FN3O4.C17H14FN3O4.C8H15NOSi.ClH/c1-16-22(24(32)21(31)12-26(14-34-15-26)9-10-35(4,5)6)17(2)30(3)23(16)25(33)29-19-7-8-20(27)18(11-19)13-28;1-5-23(11-31-12-23)9-18(28)21(29)19-13(2)20(27(4)14(19)3)22(30)26-16-6-7-17(24)15(8-16)10-25;1-8-13(15(22)17(24)25)9(2)21(3)14(8)16(23)20-11-4-5-12(18)10(6-11)7-19;1-11(2,3)5-4-8(9)6-10-7-8;/h7-8,11H,12,14-15H2,1-6H3,(H,29,33);1,6-8H,9,11-12H2,2-4H3,(H,26,30);4-6H,1-3H3,(H,20,23)(H,24,25);6-7,9H2,1-3H3;1H. The molecular weight excluding hydrogens is 1390 g/mol. The summed E-state index contributed by atoms with van der Waals surface area (Å²) >= 11 is 0. The third-order valence-electron chi connectivity index (χ3n) is 16.8. The van der Waals surface area contributed by atoms with E-state index in [1.807, 2.05) is 0 Å². The van der Waals surface area contributed by atoms with E-state index in [4.69, 9.17) is 47.3 Å². The first kappa shape index (κ1) is 82.9. The van der Waals surface area contributed by atoms with Gasteiger partial charge in [-0.2, -0.15) is 15.8 Å². The lowest BCUT2D eigenvalue weighted by Crippen LogP contribution is -2.56. The minimum atomic E-state index is -1.67. The quantitative estimate of drug-likeness (QED) is 0.0260. The third kappa shape index (κ3) is 19.5. The van der Waals surface area contributed by atoms with E-state index in [-0.39, 0.29) is 117 Å². The largest absolute Gasteiger partial charge is 0.475 e. The minimum absolute atomic E-state index is 0. The van der Waals surface area contributed by atoms with Crippen LogP contribution in [0.3, 0.4) is 0 Å². The van der Waals surface area contributed by atoms with E-state index in [1.54, 1.807) is 64.6 Å². The lowest BCUT2D eigenvalue weighted by molar-refractivity contribution is -0.132. The van der Waals surface area contributed by atoms with Crippen molar-refractivity contribution < 1.29 is 75.6 Å². The van der Waals surface area contributed by atoms with E-state index in [1.165, 1.54) is 66.4 Å². The van der Waals surface area contributed by atoms with Gasteiger partial charge in [-0.25, -0.2) is 18.0 Å². The zero-order valence-corrected chi connectivity index (χ0v) is 62.4. The number of nitriles is 3. The van der Waals surface area contributed by atoms with Crippen LogP contribution in [0.25, 0.3) is 0 Å². The number of nitrogens with two attached hydrogens (primary N) is 1. The van der Waals surface area contributed by atoms with E-state index in [2.05, 4.69) is 84.1 Å². The van der Waals surface area contributed by atoms with Crippen LogP contribution in [0.2, 0.25) is 39.3 Å². The zero-order chi connectivity index (χ0) is 76.5. The number of anilines is 3. The number of rotatable bonds is 16. The molecule has 23 nitrogen and oxygen atoms in total. The van der Waals surface area contributed by atoms with Gasteiger partial charge in [0.05, 0.1) is 83.9 Å². The second-order valence-corrected chi connectivity index (χ2v) is 36.6. The number of amides is 3. The number of ketones is 5. The Hall–Kier alpha value is -10.8. The topological polar surface area (TPSA) is 350 Å². The van der Waals surface area contributed by atoms with Gasteiger partial charge >= 0.3 is 5.97 Å². The number of carbonyl (C=O) groups is 9. The minimum Gasteiger partial charge on any atom is -0.475 e. The van der Waals surface area contributed by atoms with Crippen molar-refractivity contribution >= 4 is 98.2 Å². The fraction of sp³-hybridized carbons (Fsp3) is 0.351. The molecule has 6 heterocycles. The highest BCUT2D eigenvalue weighted by molar-refractivity contribution is 6.84. The Kier molecular flexibility index (Phi) is 26.8. The summed E-state index contributed by atoms with van der Waals surface area (Å²) in [5.74, 6) is -0.237. The Morgan fingerprint density at radius 2 is 0.806 bits per heavy atom. The summed E-state index contributed by atoms with van der Waals surface area (Å²) in [5.41, 5.74) is 13.7. The summed E-state index contributed by atoms with van der Waals surface area (Å²) in [6.07, 6.45) is 5.34. The zero-order valence-electron chi connectivity index (χ0n) is 59.6. The maximum Gasteiger partial charge on any atom is 0.377 e. The number of ether oxygens (including phenoxy) is 3. The number of nitrogens with one attached hydrogen (secondary N) is 3. The van der Waals surface area contributed by atoms with E-state index in [9.17, 15) is 56.3 Å². The second kappa shape index (κ2) is 33.4. The molecule has 3 saturated heterocycles. The van der Waals surface area contributed by atoms with Crippen molar-refractivity contribution in [2.75, 3.05) is 55.6 Å². The molecule has 538 valence electrons. The van der Waals surface area contributed by atoms with Gasteiger partial charge in [-0.3, -0.25) is 38.4 Å². The highest BCUT2D eigenvalue weighted by Crippen LogP contribution is 2.35. The molecule has 0 spiro atoms. The molecule has 29 heteroatoms. The van der Waals surface area contributed by atoms with Crippen molar-refractivity contribution in [1.29, 1.82) is 15.8 Å². The maximum atomic E-state index is 13.6. The van der Waals surface area contributed by atoms with Crippen LogP contribution < -0.4 is 21.7 Å². The van der Waals surface area contributed by atoms with E-state index < -0.39 is 97.0 Å². The predicted octanol–water partition coefficient (Wildman–Crippen LogP) is 9.83. The molecule has 0 aliphatic carbocycles. The van der Waals surface area contributed by atoms with Crippen molar-refractivity contribution in [1.82, 2.24) is 13.7 Å². The normalized spacial score (nSPS) is 13.9. The number of benzene rings is 3. The molecular formula is C74H78ClF3N10O13Si2. The van der Waals surface area contributed by atoms with Gasteiger partial charge < -0.3 is 54.7 Å². The summed E-state index contributed by atoms with van der Waals surface area (Å²) in [4.78, 5) is 113. The van der Waals surface area contributed by atoms with Crippen molar-refractivity contribution in [3.63, 3.8) is 0 Å². The van der Waals surface area contributed by atoms with Crippen LogP contribution in [0.5, 0.6) is 0 Å². The SMILES string of the molecule is C#CC1(CC(=O)C(=O)c2c(C)c(C(=O)Nc3ccc(F)c(C#N)c3)n(C)c2C)COC1.C[Si](C)(C)C#CC1(N)COC1.Cc1c(C(=O)C(=O)CC2(C#C[Si](C)(C)C)COC2)c(C)n(C)c1C(=O)Nc1ccc(F)c(C#N)c1.Cc1c(C(=O)C(=O)O)c(C)n(C)c1C(=O)Nc1ccc(F)c(C#N)c1.Cl. The van der Waals surface area contributed by atoms with Gasteiger partial charge in [0.15, 0.2) is 0 Å². The molecule has 3 aromatic heterocycles. The van der Waals surface area contributed by atoms with Crippen molar-refractivity contribution in [3.05, 3.63) is 156 Å². The molecule has 3 aromatic carbocycles. The number of nitrogens with zero attached hydrogens (tertiary/aromatic N) is 6. The first-order valence-electron chi connectivity index (χ1n) is 31.5.